The third-order valence-corrected chi connectivity index (χ3v) is 6.77. The summed E-state index contributed by atoms with van der Waals surface area (Å²) in [6.45, 7) is 16.7. The minimum atomic E-state index is 0.148. The SMILES string of the molecule is CCN(CC)C(=O)Cc1c(C)nc([C@H]2CCN(Cc3cc(C)c(OC)cc3C)C2)nc1C. The van der Waals surface area contributed by atoms with E-state index in [-0.39, 0.29) is 5.91 Å². The van der Waals surface area contributed by atoms with Crippen molar-refractivity contribution >= 4 is 5.91 Å². The van der Waals surface area contributed by atoms with E-state index in [0.29, 0.717) is 12.3 Å². The van der Waals surface area contributed by atoms with Gasteiger partial charge in [0.25, 0.3) is 0 Å². The number of carbonyl (C=O) groups excluding carboxylic acids is 1. The molecule has 0 unspecified atom stereocenters. The molecular weight excluding hydrogens is 400 g/mol. The number of aromatic nitrogens is 2. The van der Waals surface area contributed by atoms with Crippen LogP contribution in [0.1, 0.15) is 65.7 Å². The van der Waals surface area contributed by atoms with Crippen LogP contribution >= 0.6 is 0 Å². The van der Waals surface area contributed by atoms with Gasteiger partial charge in [-0.1, -0.05) is 6.07 Å². The second-order valence-electron chi connectivity index (χ2n) is 8.94. The molecule has 1 fully saturated rings. The Morgan fingerprint density at radius 2 is 1.75 bits per heavy atom. The summed E-state index contributed by atoms with van der Waals surface area (Å²) in [6.07, 6.45) is 1.44. The van der Waals surface area contributed by atoms with E-state index in [1.54, 1.807) is 7.11 Å². The van der Waals surface area contributed by atoms with E-state index in [1.165, 1.54) is 16.7 Å². The largest absolute Gasteiger partial charge is 0.496 e. The van der Waals surface area contributed by atoms with Crippen molar-refractivity contribution in [2.45, 2.75) is 66.8 Å². The Morgan fingerprint density at radius 3 is 2.34 bits per heavy atom. The van der Waals surface area contributed by atoms with Crippen LogP contribution in [0.2, 0.25) is 0 Å². The van der Waals surface area contributed by atoms with Gasteiger partial charge in [0.05, 0.1) is 13.5 Å². The number of methoxy groups -OCH3 is 1. The number of hydrogen-bond acceptors (Lipinski definition) is 5. The molecule has 0 spiro atoms. The fourth-order valence-electron chi connectivity index (χ4n) is 4.71. The van der Waals surface area contributed by atoms with E-state index in [1.807, 2.05) is 32.6 Å². The summed E-state index contributed by atoms with van der Waals surface area (Å²) in [4.78, 5) is 26.6. The van der Waals surface area contributed by atoms with Crippen molar-refractivity contribution in [1.29, 1.82) is 0 Å². The lowest BCUT2D eigenvalue weighted by molar-refractivity contribution is -0.130. The molecule has 32 heavy (non-hydrogen) atoms. The average Bonchev–Trinajstić information content (AvgIpc) is 3.22. The Labute approximate surface area is 193 Å². The van der Waals surface area contributed by atoms with Crippen molar-refractivity contribution in [3.05, 3.63) is 51.6 Å². The van der Waals surface area contributed by atoms with Gasteiger partial charge in [0.2, 0.25) is 5.91 Å². The number of amides is 1. The van der Waals surface area contributed by atoms with Crippen molar-refractivity contribution < 1.29 is 9.53 Å². The van der Waals surface area contributed by atoms with Crippen molar-refractivity contribution in [1.82, 2.24) is 19.8 Å². The fraction of sp³-hybridized carbons (Fsp3) is 0.577. The average molecular weight is 439 g/mol. The number of aryl methyl sites for hydroxylation is 4. The van der Waals surface area contributed by atoms with Gasteiger partial charge in [-0.05, 0) is 77.3 Å². The molecule has 6 heteroatoms. The Bertz CT molecular complexity index is 946. The van der Waals surface area contributed by atoms with Crippen LogP contribution in [0.25, 0.3) is 0 Å². The van der Waals surface area contributed by atoms with Gasteiger partial charge in [0.1, 0.15) is 11.6 Å². The quantitative estimate of drug-likeness (QED) is 0.621. The number of benzene rings is 1. The molecule has 1 amide bonds. The molecule has 3 rings (SSSR count). The third-order valence-electron chi connectivity index (χ3n) is 6.77. The molecule has 2 aromatic rings. The third kappa shape index (κ3) is 5.29. The van der Waals surface area contributed by atoms with Crippen molar-refractivity contribution in [2.75, 3.05) is 33.3 Å². The molecule has 1 aromatic heterocycles. The van der Waals surface area contributed by atoms with E-state index < -0.39 is 0 Å². The molecule has 1 aliphatic heterocycles. The molecule has 2 heterocycles. The van der Waals surface area contributed by atoms with Gasteiger partial charge in [0.15, 0.2) is 0 Å². The lowest BCUT2D eigenvalue weighted by Crippen LogP contribution is -2.32. The van der Waals surface area contributed by atoms with Gasteiger partial charge in [-0.15, -0.1) is 0 Å². The number of hydrogen-bond donors (Lipinski definition) is 0. The molecule has 6 nitrogen and oxygen atoms in total. The van der Waals surface area contributed by atoms with Gasteiger partial charge in [-0.3, -0.25) is 9.69 Å². The predicted molar refractivity (Wildman–Crippen MR) is 128 cm³/mol. The molecule has 0 N–H and O–H groups in total. The molecule has 174 valence electrons. The van der Waals surface area contributed by atoms with Gasteiger partial charge < -0.3 is 9.64 Å². The molecular formula is C26H38N4O2. The van der Waals surface area contributed by atoms with Crippen LogP contribution in [0.5, 0.6) is 5.75 Å². The maximum Gasteiger partial charge on any atom is 0.227 e. The van der Waals surface area contributed by atoms with Crippen LogP contribution in [0, 0.1) is 27.7 Å². The first kappa shape index (κ1) is 24.2. The summed E-state index contributed by atoms with van der Waals surface area (Å²) in [5.41, 5.74) is 6.64. The topological polar surface area (TPSA) is 58.6 Å². The molecule has 0 radical (unpaired) electrons. The van der Waals surface area contributed by atoms with Crippen LogP contribution in [0.4, 0.5) is 0 Å². The summed E-state index contributed by atoms with van der Waals surface area (Å²) in [5.74, 6) is 2.35. The highest BCUT2D eigenvalue weighted by Crippen LogP contribution is 2.29. The molecule has 1 aromatic carbocycles. The number of nitrogens with zero attached hydrogens (tertiary/aromatic N) is 4. The second kappa shape index (κ2) is 10.4. The number of likely N-dealkylation sites (N-methyl/N-ethyl adjacent to an activating group) is 1. The Balaban J connectivity index is 1.70. The van der Waals surface area contributed by atoms with Crippen LogP contribution in [-0.4, -0.2) is 59.0 Å². The van der Waals surface area contributed by atoms with Gasteiger partial charge >= 0.3 is 0 Å². The van der Waals surface area contributed by atoms with E-state index in [0.717, 1.165) is 67.7 Å². The number of ether oxygens (including phenoxy) is 1. The highest BCUT2D eigenvalue weighted by atomic mass is 16.5. The van der Waals surface area contributed by atoms with Crippen LogP contribution < -0.4 is 4.74 Å². The molecule has 0 saturated carbocycles. The second-order valence-corrected chi connectivity index (χ2v) is 8.94. The molecule has 1 atom stereocenters. The van der Waals surface area contributed by atoms with Crippen LogP contribution in [0.15, 0.2) is 12.1 Å². The lowest BCUT2D eigenvalue weighted by Gasteiger charge is -2.21. The van der Waals surface area contributed by atoms with E-state index in [9.17, 15) is 4.79 Å². The minimum absolute atomic E-state index is 0.148. The van der Waals surface area contributed by atoms with E-state index >= 15 is 0 Å². The van der Waals surface area contributed by atoms with Gasteiger partial charge in [0, 0.05) is 49.0 Å². The summed E-state index contributed by atoms with van der Waals surface area (Å²) in [6, 6.07) is 4.38. The Hall–Kier alpha value is -2.47. The fourth-order valence-corrected chi connectivity index (χ4v) is 4.71. The number of likely N-dealkylation sites (tertiary alicyclic amines) is 1. The highest BCUT2D eigenvalue weighted by molar-refractivity contribution is 5.79. The normalized spacial score (nSPS) is 16.4. The number of rotatable bonds is 8. The standard InChI is InChI=1S/C26H38N4O2/c1-8-30(9-2)25(31)14-23-19(5)27-26(28-20(23)6)21-10-11-29(15-21)16-22-12-18(4)24(32-7)13-17(22)3/h12-13,21H,8-11,14-16H2,1-7H3/t21-/m0/s1. The van der Waals surface area contributed by atoms with Gasteiger partial charge in [-0.2, -0.15) is 0 Å². The molecule has 1 saturated heterocycles. The zero-order chi connectivity index (χ0) is 23.4. The summed E-state index contributed by atoms with van der Waals surface area (Å²) in [5, 5.41) is 0. The van der Waals surface area contributed by atoms with Gasteiger partial charge in [-0.25, -0.2) is 9.97 Å². The monoisotopic (exact) mass is 438 g/mol. The van der Waals surface area contributed by atoms with Crippen molar-refractivity contribution in [3.63, 3.8) is 0 Å². The Kier molecular flexibility index (Phi) is 7.88. The summed E-state index contributed by atoms with van der Waals surface area (Å²) < 4.78 is 5.45. The lowest BCUT2D eigenvalue weighted by atomic mass is 10.0. The first-order chi connectivity index (χ1) is 15.3. The summed E-state index contributed by atoms with van der Waals surface area (Å²) in [7, 11) is 1.72. The predicted octanol–water partition coefficient (Wildman–Crippen LogP) is 4.12. The van der Waals surface area contributed by atoms with E-state index in [2.05, 4.69) is 30.9 Å². The maximum absolute atomic E-state index is 12.6. The first-order valence-corrected chi connectivity index (χ1v) is 11.8. The zero-order valence-corrected chi connectivity index (χ0v) is 20.8. The Morgan fingerprint density at radius 1 is 1.09 bits per heavy atom. The maximum atomic E-state index is 12.6. The van der Waals surface area contributed by atoms with Crippen LogP contribution in [0.3, 0.4) is 0 Å². The molecule has 0 aliphatic carbocycles. The minimum Gasteiger partial charge on any atom is -0.496 e. The molecule has 1 aliphatic rings. The van der Waals surface area contributed by atoms with Crippen molar-refractivity contribution in [2.24, 2.45) is 0 Å². The van der Waals surface area contributed by atoms with Crippen molar-refractivity contribution in [3.8, 4) is 5.75 Å². The van der Waals surface area contributed by atoms with Crippen LogP contribution in [-0.2, 0) is 17.8 Å². The molecule has 0 bridgehead atoms. The summed E-state index contributed by atoms with van der Waals surface area (Å²) >= 11 is 0. The zero-order valence-electron chi connectivity index (χ0n) is 20.8. The van der Waals surface area contributed by atoms with E-state index in [4.69, 9.17) is 14.7 Å². The first-order valence-electron chi connectivity index (χ1n) is 11.8. The number of carbonyl (C=O) groups is 1. The highest BCUT2D eigenvalue weighted by Gasteiger charge is 2.28. The smallest absolute Gasteiger partial charge is 0.227 e.